The van der Waals surface area contributed by atoms with Crippen molar-refractivity contribution in [3.05, 3.63) is 5.82 Å². The molecule has 0 amide bonds. The van der Waals surface area contributed by atoms with Gasteiger partial charge in [0.15, 0.2) is 0 Å². The molecule has 0 N–H and O–H groups in total. The lowest BCUT2D eigenvalue weighted by molar-refractivity contribution is -0.145. The average molecular weight is 156 g/mol. The van der Waals surface area contributed by atoms with Gasteiger partial charge in [0.2, 0.25) is 0 Å². The normalized spacial score (nSPS) is 12.0. The molecule has 1 aromatic rings. The van der Waals surface area contributed by atoms with E-state index < -0.39 is 17.0 Å². The number of hydrogen-bond donors (Lipinski definition) is 0. The standard InChI is InChI=1S/C2F4N4/c3-2(4,5)1-7-9-10(6)8-1. The second kappa shape index (κ2) is 1.89. The Kier molecular flexibility index (Phi) is 1.30. The zero-order valence-corrected chi connectivity index (χ0v) is 4.30. The fourth-order valence-electron chi connectivity index (χ4n) is 0.311. The minimum absolute atomic E-state index is 0.747. The van der Waals surface area contributed by atoms with E-state index in [2.05, 4.69) is 15.4 Å². The highest BCUT2D eigenvalue weighted by molar-refractivity contribution is 4.82. The Morgan fingerprint density at radius 2 is 1.90 bits per heavy atom. The summed E-state index contributed by atoms with van der Waals surface area (Å²) in [5.74, 6) is -1.59. The van der Waals surface area contributed by atoms with Gasteiger partial charge in [-0.1, -0.05) is 9.58 Å². The van der Waals surface area contributed by atoms with Crippen LogP contribution in [0.2, 0.25) is 0 Å². The Bertz CT molecular complexity index is 225. The van der Waals surface area contributed by atoms with Crippen molar-refractivity contribution in [1.82, 2.24) is 20.4 Å². The molecule has 8 heteroatoms. The van der Waals surface area contributed by atoms with E-state index in [9.17, 15) is 17.7 Å². The molecular weight excluding hydrogens is 156 g/mol. The average Bonchev–Trinajstić information content (AvgIpc) is 2.11. The summed E-state index contributed by atoms with van der Waals surface area (Å²) in [6.45, 7) is 0. The molecule has 1 rings (SSSR count). The molecule has 0 fully saturated rings. The SMILES string of the molecule is Fn1nnc(C(F)(F)F)n1. The highest BCUT2D eigenvalue weighted by Crippen LogP contribution is 2.24. The molecule has 0 radical (unpaired) electrons. The monoisotopic (exact) mass is 156 g/mol. The van der Waals surface area contributed by atoms with E-state index in [0.717, 1.165) is 0 Å². The first-order chi connectivity index (χ1) is 4.50. The molecular formula is C2F4N4. The first kappa shape index (κ1) is 6.90. The summed E-state index contributed by atoms with van der Waals surface area (Å²) in [4.78, 5) is 0. The van der Waals surface area contributed by atoms with Crippen LogP contribution in [0.1, 0.15) is 5.82 Å². The van der Waals surface area contributed by atoms with Gasteiger partial charge in [0.1, 0.15) is 0 Å². The maximum absolute atomic E-state index is 11.6. The lowest BCUT2D eigenvalue weighted by atomic mass is 10.6. The van der Waals surface area contributed by atoms with Gasteiger partial charge in [-0.05, 0) is 5.21 Å². The van der Waals surface area contributed by atoms with Crippen molar-refractivity contribution in [3.63, 3.8) is 0 Å². The molecule has 10 heavy (non-hydrogen) atoms. The van der Waals surface area contributed by atoms with Gasteiger partial charge < -0.3 is 0 Å². The third-order valence-electron chi connectivity index (χ3n) is 0.644. The molecule has 56 valence electrons. The second-order valence-electron chi connectivity index (χ2n) is 1.35. The smallest absolute Gasteiger partial charge is 0.163 e. The van der Waals surface area contributed by atoms with E-state index in [1.54, 1.807) is 0 Å². The number of halogens is 4. The fourth-order valence-corrected chi connectivity index (χ4v) is 0.311. The summed E-state index contributed by atoms with van der Waals surface area (Å²) in [5, 5.41) is 6.28. The van der Waals surface area contributed by atoms with Crippen LogP contribution in [-0.4, -0.2) is 20.4 Å². The Labute approximate surface area is 51.4 Å². The van der Waals surface area contributed by atoms with E-state index in [4.69, 9.17) is 0 Å². The molecule has 0 aromatic carbocycles. The van der Waals surface area contributed by atoms with Crippen LogP contribution in [-0.2, 0) is 6.18 Å². The van der Waals surface area contributed by atoms with Crippen LogP contribution in [0.5, 0.6) is 0 Å². The van der Waals surface area contributed by atoms with E-state index >= 15 is 0 Å². The van der Waals surface area contributed by atoms with E-state index in [-0.39, 0.29) is 0 Å². The molecule has 0 saturated carbocycles. The van der Waals surface area contributed by atoms with Gasteiger partial charge >= 0.3 is 6.18 Å². The quantitative estimate of drug-likeness (QED) is 0.511. The molecule has 0 unspecified atom stereocenters. The van der Waals surface area contributed by atoms with E-state index in [1.165, 1.54) is 0 Å². The van der Waals surface area contributed by atoms with Gasteiger partial charge in [0, 0.05) is 5.02 Å². The lowest BCUT2D eigenvalue weighted by Crippen LogP contribution is -2.07. The minimum Gasteiger partial charge on any atom is -0.163 e. The molecule has 0 atom stereocenters. The lowest BCUT2D eigenvalue weighted by Gasteiger charge is -1.95. The van der Waals surface area contributed by atoms with Crippen molar-refractivity contribution in [2.75, 3.05) is 0 Å². The molecule has 1 aromatic heterocycles. The van der Waals surface area contributed by atoms with Crippen LogP contribution < -0.4 is 0 Å². The third-order valence-corrected chi connectivity index (χ3v) is 0.644. The van der Waals surface area contributed by atoms with Crippen LogP contribution in [0.4, 0.5) is 17.7 Å². The van der Waals surface area contributed by atoms with E-state index in [0.29, 0.717) is 0 Å². The van der Waals surface area contributed by atoms with Crippen molar-refractivity contribution in [3.8, 4) is 0 Å². The minimum atomic E-state index is -4.73. The van der Waals surface area contributed by atoms with Crippen LogP contribution in [0.3, 0.4) is 0 Å². The van der Waals surface area contributed by atoms with Gasteiger partial charge in [-0.3, -0.25) is 0 Å². The number of alkyl halides is 3. The highest BCUT2D eigenvalue weighted by Gasteiger charge is 2.36. The van der Waals surface area contributed by atoms with Gasteiger partial charge in [-0.25, -0.2) is 0 Å². The molecule has 0 aliphatic rings. The number of rotatable bonds is 0. The summed E-state index contributed by atoms with van der Waals surface area (Å²) in [6, 6.07) is 0. The first-order valence-corrected chi connectivity index (χ1v) is 2.03. The van der Waals surface area contributed by atoms with Crippen molar-refractivity contribution < 1.29 is 17.7 Å². The van der Waals surface area contributed by atoms with Crippen LogP contribution in [0.15, 0.2) is 0 Å². The van der Waals surface area contributed by atoms with Crippen LogP contribution in [0, 0.1) is 0 Å². The number of nitrogens with zero attached hydrogens (tertiary/aromatic N) is 4. The summed E-state index contributed by atoms with van der Waals surface area (Å²) in [6.07, 6.45) is -4.73. The molecule has 0 bridgehead atoms. The van der Waals surface area contributed by atoms with Gasteiger partial charge in [-0.2, -0.15) is 13.2 Å². The van der Waals surface area contributed by atoms with Crippen molar-refractivity contribution in [2.24, 2.45) is 0 Å². The number of aromatic nitrogens is 4. The maximum atomic E-state index is 11.6. The van der Waals surface area contributed by atoms with Crippen LogP contribution >= 0.6 is 0 Å². The largest absolute Gasteiger partial charge is 0.455 e. The van der Waals surface area contributed by atoms with Crippen molar-refractivity contribution in [1.29, 1.82) is 0 Å². The molecule has 0 aliphatic carbocycles. The first-order valence-electron chi connectivity index (χ1n) is 2.03. The van der Waals surface area contributed by atoms with Crippen LogP contribution in [0.25, 0.3) is 0 Å². The van der Waals surface area contributed by atoms with Gasteiger partial charge in [0.25, 0.3) is 5.82 Å². The Morgan fingerprint density at radius 3 is 2.10 bits per heavy atom. The van der Waals surface area contributed by atoms with Crippen molar-refractivity contribution >= 4 is 0 Å². The Hall–Kier alpha value is -1.21. The van der Waals surface area contributed by atoms with Gasteiger partial charge in [-0.15, -0.1) is 5.10 Å². The van der Waals surface area contributed by atoms with Gasteiger partial charge in [0.05, 0.1) is 0 Å². The zero-order valence-electron chi connectivity index (χ0n) is 4.30. The Morgan fingerprint density at radius 1 is 1.30 bits per heavy atom. The maximum Gasteiger partial charge on any atom is 0.455 e. The number of tetrazole rings is 1. The third kappa shape index (κ3) is 1.20. The highest BCUT2D eigenvalue weighted by atomic mass is 19.4. The summed E-state index contributed by atoms with van der Waals surface area (Å²) in [5.41, 5.74) is 0. The summed E-state index contributed by atoms with van der Waals surface area (Å²) in [7, 11) is 0. The number of hydrogen-bond acceptors (Lipinski definition) is 3. The second-order valence-corrected chi connectivity index (χ2v) is 1.35. The topological polar surface area (TPSA) is 43.6 Å². The summed E-state index contributed by atoms with van der Waals surface area (Å²) < 4.78 is 46.0. The van der Waals surface area contributed by atoms with Crippen molar-refractivity contribution in [2.45, 2.75) is 6.18 Å². The fraction of sp³-hybridized carbons (Fsp3) is 0.500. The molecule has 1 heterocycles. The predicted octanol–water partition coefficient (Wildman–Crippen LogP) is 0.424. The molecule has 0 aliphatic heterocycles. The molecule has 0 saturated heterocycles. The molecule has 4 nitrogen and oxygen atoms in total. The summed E-state index contributed by atoms with van der Waals surface area (Å²) >= 11 is 0. The zero-order chi connectivity index (χ0) is 7.78. The predicted molar refractivity (Wildman–Crippen MR) is 19.3 cm³/mol. The Balaban J connectivity index is 2.96. The van der Waals surface area contributed by atoms with E-state index in [1.807, 2.05) is 0 Å². The molecule has 0 spiro atoms.